The molecule has 1 unspecified atom stereocenters. The monoisotopic (exact) mass is 386 g/mol. The van der Waals surface area contributed by atoms with E-state index in [-0.39, 0.29) is 17.9 Å². The van der Waals surface area contributed by atoms with Gasteiger partial charge in [-0.3, -0.25) is 4.79 Å². The number of piperidine rings is 1. The van der Waals surface area contributed by atoms with E-state index in [4.69, 9.17) is 16.3 Å². The van der Waals surface area contributed by atoms with Gasteiger partial charge in [0.25, 0.3) is 0 Å². The van der Waals surface area contributed by atoms with Gasteiger partial charge in [-0.05, 0) is 68.1 Å². The van der Waals surface area contributed by atoms with Gasteiger partial charge in [-0.15, -0.1) is 0 Å². The van der Waals surface area contributed by atoms with Crippen molar-refractivity contribution >= 4 is 17.5 Å². The third-order valence-corrected chi connectivity index (χ3v) is 5.63. The summed E-state index contributed by atoms with van der Waals surface area (Å²) < 4.78 is 5.33. The SMILES string of the molecule is COc1ccc(C(NC(=O)[C@H]2CCN[C@@H](C)C2)c2ccccc2Cl)c(C)c1. The van der Waals surface area contributed by atoms with Crippen LogP contribution in [-0.2, 0) is 4.79 Å². The van der Waals surface area contributed by atoms with E-state index in [2.05, 4.69) is 17.6 Å². The Labute approximate surface area is 166 Å². The lowest BCUT2D eigenvalue weighted by Crippen LogP contribution is -2.43. The number of nitrogens with one attached hydrogen (secondary N) is 2. The smallest absolute Gasteiger partial charge is 0.223 e. The molecule has 3 atom stereocenters. The van der Waals surface area contributed by atoms with Gasteiger partial charge in [0.1, 0.15) is 5.75 Å². The molecule has 144 valence electrons. The molecular formula is C22H27ClN2O2. The van der Waals surface area contributed by atoms with Crippen LogP contribution in [0.4, 0.5) is 0 Å². The molecule has 2 aromatic carbocycles. The summed E-state index contributed by atoms with van der Waals surface area (Å²) in [6.45, 7) is 5.02. The molecule has 0 aliphatic carbocycles. The molecule has 4 nitrogen and oxygen atoms in total. The normalized spacial score (nSPS) is 20.7. The van der Waals surface area contributed by atoms with Gasteiger partial charge in [-0.1, -0.05) is 35.9 Å². The van der Waals surface area contributed by atoms with E-state index in [1.165, 1.54) is 0 Å². The third kappa shape index (κ3) is 4.63. The summed E-state index contributed by atoms with van der Waals surface area (Å²) in [6, 6.07) is 13.7. The molecular weight excluding hydrogens is 360 g/mol. The molecule has 27 heavy (non-hydrogen) atoms. The zero-order valence-corrected chi connectivity index (χ0v) is 16.8. The lowest BCUT2D eigenvalue weighted by Gasteiger charge is -2.30. The summed E-state index contributed by atoms with van der Waals surface area (Å²) in [5.41, 5.74) is 2.99. The third-order valence-electron chi connectivity index (χ3n) is 5.29. The fraction of sp³-hybridized carbons (Fsp3) is 0.409. The first kappa shape index (κ1) is 19.7. The standard InChI is InChI=1S/C22H27ClN2O2/c1-14-12-17(27-3)8-9-18(14)21(19-6-4-5-7-20(19)23)25-22(26)16-10-11-24-15(2)13-16/h4-9,12,15-16,21,24H,10-11,13H2,1-3H3,(H,25,26)/t15-,16-,21?/m0/s1. The van der Waals surface area contributed by atoms with Gasteiger partial charge >= 0.3 is 0 Å². The summed E-state index contributed by atoms with van der Waals surface area (Å²) in [4.78, 5) is 13.0. The fourth-order valence-electron chi connectivity index (χ4n) is 3.76. The highest BCUT2D eigenvalue weighted by atomic mass is 35.5. The number of halogens is 1. The summed E-state index contributed by atoms with van der Waals surface area (Å²) >= 11 is 6.49. The molecule has 2 N–H and O–H groups in total. The lowest BCUT2D eigenvalue weighted by atomic mass is 9.90. The summed E-state index contributed by atoms with van der Waals surface area (Å²) in [6.07, 6.45) is 1.70. The molecule has 1 fully saturated rings. The Balaban J connectivity index is 1.93. The van der Waals surface area contributed by atoms with E-state index in [0.717, 1.165) is 41.8 Å². The Kier molecular flexibility index (Phi) is 6.40. The first-order valence-electron chi connectivity index (χ1n) is 9.42. The predicted molar refractivity (Wildman–Crippen MR) is 109 cm³/mol. The van der Waals surface area contributed by atoms with E-state index >= 15 is 0 Å². The van der Waals surface area contributed by atoms with Crippen molar-refractivity contribution in [2.24, 2.45) is 5.92 Å². The Bertz CT molecular complexity index is 809. The van der Waals surface area contributed by atoms with Gasteiger partial charge < -0.3 is 15.4 Å². The molecule has 0 radical (unpaired) electrons. The number of methoxy groups -OCH3 is 1. The van der Waals surface area contributed by atoms with Crippen molar-refractivity contribution in [3.8, 4) is 5.75 Å². The Hall–Kier alpha value is -2.04. The van der Waals surface area contributed by atoms with Gasteiger partial charge in [0.05, 0.1) is 13.2 Å². The van der Waals surface area contributed by atoms with Crippen LogP contribution in [0.25, 0.3) is 0 Å². The van der Waals surface area contributed by atoms with Crippen LogP contribution in [0.15, 0.2) is 42.5 Å². The minimum atomic E-state index is -0.290. The van der Waals surface area contributed by atoms with Crippen molar-refractivity contribution in [3.05, 3.63) is 64.2 Å². The zero-order chi connectivity index (χ0) is 19.4. The molecule has 1 amide bonds. The van der Waals surface area contributed by atoms with Gasteiger partial charge in [0, 0.05) is 17.0 Å². The molecule has 0 saturated carbocycles. The fourth-order valence-corrected chi connectivity index (χ4v) is 4.01. The molecule has 0 bridgehead atoms. The number of carbonyl (C=O) groups excluding carboxylic acids is 1. The summed E-state index contributed by atoms with van der Waals surface area (Å²) in [7, 11) is 1.65. The van der Waals surface area contributed by atoms with Crippen molar-refractivity contribution in [1.82, 2.24) is 10.6 Å². The minimum Gasteiger partial charge on any atom is -0.497 e. The number of ether oxygens (including phenoxy) is 1. The zero-order valence-electron chi connectivity index (χ0n) is 16.1. The van der Waals surface area contributed by atoms with Crippen molar-refractivity contribution in [2.75, 3.05) is 13.7 Å². The van der Waals surface area contributed by atoms with E-state index in [1.54, 1.807) is 7.11 Å². The maximum Gasteiger partial charge on any atom is 0.223 e. The number of aryl methyl sites for hydroxylation is 1. The second-order valence-electron chi connectivity index (χ2n) is 7.26. The van der Waals surface area contributed by atoms with Crippen molar-refractivity contribution in [1.29, 1.82) is 0 Å². The lowest BCUT2D eigenvalue weighted by molar-refractivity contribution is -0.126. The second kappa shape index (κ2) is 8.77. The van der Waals surface area contributed by atoms with Gasteiger partial charge in [0.2, 0.25) is 5.91 Å². The quantitative estimate of drug-likeness (QED) is 0.807. The number of amides is 1. The van der Waals surface area contributed by atoms with E-state index in [0.29, 0.717) is 11.1 Å². The van der Waals surface area contributed by atoms with Crippen LogP contribution >= 0.6 is 11.6 Å². The maximum absolute atomic E-state index is 13.0. The number of hydrogen-bond donors (Lipinski definition) is 2. The summed E-state index contributed by atoms with van der Waals surface area (Å²) in [5, 5.41) is 7.32. The molecule has 1 aliphatic rings. The van der Waals surface area contributed by atoms with Crippen molar-refractivity contribution in [2.45, 2.75) is 38.8 Å². The average Bonchev–Trinajstić information content (AvgIpc) is 2.67. The second-order valence-corrected chi connectivity index (χ2v) is 7.67. The molecule has 0 aromatic heterocycles. The van der Waals surface area contributed by atoms with Gasteiger partial charge in [-0.25, -0.2) is 0 Å². The van der Waals surface area contributed by atoms with Crippen LogP contribution < -0.4 is 15.4 Å². The van der Waals surface area contributed by atoms with Crippen LogP contribution in [0.3, 0.4) is 0 Å². The number of rotatable bonds is 5. The first-order valence-corrected chi connectivity index (χ1v) is 9.80. The first-order chi connectivity index (χ1) is 13.0. The summed E-state index contributed by atoms with van der Waals surface area (Å²) in [5.74, 6) is 0.904. The Morgan fingerprint density at radius 1 is 1.26 bits per heavy atom. The molecule has 2 aromatic rings. The van der Waals surface area contributed by atoms with E-state index in [9.17, 15) is 4.79 Å². The highest BCUT2D eigenvalue weighted by Gasteiger charge is 2.28. The van der Waals surface area contributed by atoms with E-state index in [1.807, 2.05) is 49.4 Å². The molecule has 0 spiro atoms. The van der Waals surface area contributed by atoms with Crippen LogP contribution in [0, 0.1) is 12.8 Å². The average molecular weight is 387 g/mol. The van der Waals surface area contributed by atoms with E-state index < -0.39 is 0 Å². The van der Waals surface area contributed by atoms with Crippen LogP contribution in [-0.4, -0.2) is 25.6 Å². The van der Waals surface area contributed by atoms with Crippen molar-refractivity contribution in [3.63, 3.8) is 0 Å². The van der Waals surface area contributed by atoms with Crippen LogP contribution in [0.2, 0.25) is 5.02 Å². The van der Waals surface area contributed by atoms with Gasteiger partial charge in [-0.2, -0.15) is 0 Å². The molecule has 1 aliphatic heterocycles. The van der Waals surface area contributed by atoms with Gasteiger partial charge in [0.15, 0.2) is 0 Å². The molecule has 5 heteroatoms. The van der Waals surface area contributed by atoms with Crippen LogP contribution in [0.5, 0.6) is 5.75 Å². The maximum atomic E-state index is 13.0. The largest absolute Gasteiger partial charge is 0.497 e. The number of benzene rings is 2. The molecule has 3 rings (SSSR count). The Morgan fingerprint density at radius 2 is 2.04 bits per heavy atom. The van der Waals surface area contributed by atoms with Crippen molar-refractivity contribution < 1.29 is 9.53 Å². The molecule has 1 heterocycles. The minimum absolute atomic E-state index is 0.0183. The molecule has 1 saturated heterocycles. The number of hydrogen-bond acceptors (Lipinski definition) is 3. The number of carbonyl (C=O) groups is 1. The Morgan fingerprint density at radius 3 is 2.70 bits per heavy atom. The predicted octanol–water partition coefficient (Wildman–Crippen LogP) is 4.25. The highest BCUT2D eigenvalue weighted by Crippen LogP contribution is 2.32. The topological polar surface area (TPSA) is 50.4 Å². The van der Waals surface area contributed by atoms with Crippen LogP contribution in [0.1, 0.15) is 42.5 Å². The highest BCUT2D eigenvalue weighted by molar-refractivity contribution is 6.31.